The summed E-state index contributed by atoms with van der Waals surface area (Å²) in [6.07, 6.45) is 9.36. The fourth-order valence-electron chi connectivity index (χ4n) is 3.18. The minimum absolute atomic E-state index is 0.367. The van der Waals surface area contributed by atoms with E-state index in [1.54, 1.807) is 10.7 Å². The highest BCUT2D eigenvalue weighted by molar-refractivity contribution is 5.92. The van der Waals surface area contributed by atoms with Gasteiger partial charge in [0.1, 0.15) is 5.65 Å². The molecule has 4 aromatic rings. The molecule has 0 radical (unpaired) electrons. The molecule has 8 heteroatoms. The number of ether oxygens (including phenoxy) is 1. The Balaban J connectivity index is 1.48. The van der Waals surface area contributed by atoms with Crippen molar-refractivity contribution in [3.05, 3.63) is 36.9 Å². The molecule has 1 aliphatic heterocycles. The smallest absolute Gasteiger partial charge is 0.224 e. The van der Waals surface area contributed by atoms with E-state index in [0.717, 1.165) is 54.0 Å². The third-order valence-electron chi connectivity index (χ3n) is 4.52. The number of anilines is 1. The zero-order valence-corrected chi connectivity index (χ0v) is 13.5. The van der Waals surface area contributed by atoms with E-state index in [1.165, 1.54) is 0 Å². The van der Waals surface area contributed by atoms with Crippen molar-refractivity contribution in [2.45, 2.75) is 18.9 Å². The van der Waals surface area contributed by atoms with Crippen LogP contribution in [0.5, 0.6) is 0 Å². The molecule has 1 fully saturated rings. The van der Waals surface area contributed by atoms with Crippen molar-refractivity contribution in [3.8, 4) is 11.3 Å². The van der Waals surface area contributed by atoms with Crippen LogP contribution >= 0.6 is 0 Å². The van der Waals surface area contributed by atoms with E-state index in [0.29, 0.717) is 12.0 Å². The average molecular weight is 335 g/mol. The molecule has 0 atom stereocenters. The second-order valence-electron chi connectivity index (χ2n) is 6.14. The number of nitrogens with zero attached hydrogens (tertiary/aromatic N) is 5. The predicted molar refractivity (Wildman–Crippen MR) is 93.3 cm³/mol. The fourth-order valence-corrected chi connectivity index (χ4v) is 3.18. The van der Waals surface area contributed by atoms with Crippen molar-refractivity contribution in [2.24, 2.45) is 0 Å². The summed E-state index contributed by atoms with van der Waals surface area (Å²) < 4.78 is 7.13. The van der Waals surface area contributed by atoms with Crippen molar-refractivity contribution < 1.29 is 4.74 Å². The number of aromatic nitrogens is 6. The van der Waals surface area contributed by atoms with Gasteiger partial charge < -0.3 is 15.0 Å². The number of nitrogens with one attached hydrogen (secondary N) is 2. The van der Waals surface area contributed by atoms with Gasteiger partial charge in [-0.1, -0.05) is 0 Å². The number of H-pyrrole nitrogens is 1. The lowest BCUT2D eigenvalue weighted by Crippen LogP contribution is -2.28. The summed E-state index contributed by atoms with van der Waals surface area (Å²) in [6, 6.07) is 4.19. The zero-order chi connectivity index (χ0) is 16.6. The van der Waals surface area contributed by atoms with Crippen LogP contribution in [-0.2, 0) is 4.74 Å². The molecule has 25 heavy (non-hydrogen) atoms. The topological polar surface area (TPSA) is 93.0 Å². The molecule has 0 aliphatic carbocycles. The SMILES string of the molecule is c1cc2nc(-c3c[nH]c4nc(NC5CCOCC5)ncc34)ccn2n1. The fraction of sp³-hybridized carbons (Fsp3) is 0.294. The van der Waals surface area contributed by atoms with E-state index in [1.807, 2.05) is 30.7 Å². The molecule has 1 aliphatic rings. The first-order valence-electron chi connectivity index (χ1n) is 8.36. The van der Waals surface area contributed by atoms with Gasteiger partial charge in [-0.15, -0.1) is 0 Å². The molecule has 0 bridgehead atoms. The maximum absolute atomic E-state index is 5.38. The molecule has 5 heterocycles. The lowest BCUT2D eigenvalue weighted by atomic mass is 10.1. The average Bonchev–Trinajstić information content (AvgIpc) is 3.28. The van der Waals surface area contributed by atoms with Crippen LogP contribution < -0.4 is 5.32 Å². The Morgan fingerprint density at radius 2 is 2.12 bits per heavy atom. The monoisotopic (exact) mass is 335 g/mol. The Morgan fingerprint density at radius 3 is 3.04 bits per heavy atom. The standard InChI is InChI=1S/C17H17N7O/c1-5-20-24-6-2-14(22-15(1)24)12-9-18-16-13(12)10-19-17(23-16)21-11-3-7-25-8-4-11/h1-2,5-6,9-11H,3-4,7-8H2,(H2,18,19,21,23). The molecular weight excluding hydrogens is 318 g/mol. The molecule has 4 aromatic heterocycles. The van der Waals surface area contributed by atoms with Crippen LogP contribution in [0.1, 0.15) is 12.8 Å². The lowest BCUT2D eigenvalue weighted by Gasteiger charge is -2.22. The number of hydrogen-bond acceptors (Lipinski definition) is 6. The first-order valence-corrected chi connectivity index (χ1v) is 8.36. The molecule has 0 amide bonds. The van der Waals surface area contributed by atoms with Crippen LogP contribution in [0.3, 0.4) is 0 Å². The van der Waals surface area contributed by atoms with E-state index in [9.17, 15) is 0 Å². The Labute approximate surface area is 143 Å². The molecule has 1 saturated heterocycles. The Bertz CT molecular complexity index is 1030. The van der Waals surface area contributed by atoms with Gasteiger partial charge in [-0.2, -0.15) is 10.1 Å². The van der Waals surface area contributed by atoms with Crippen molar-refractivity contribution >= 4 is 22.6 Å². The highest BCUT2D eigenvalue weighted by atomic mass is 16.5. The summed E-state index contributed by atoms with van der Waals surface area (Å²) in [5.74, 6) is 0.645. The Morgan fingerprint density at radius 1 is 1.20 bits per heavy atom. The van der Waals surface area contributed by atoms with Crippen LogP contribution in [0, 0.1) is 0 Å². The van der Waals surface area contributed by atoms with Crippen LogP contribution in [0.25, 0.3) is 27.9 Å². The molecular formula is C17H17N7O. The maximum Gasteiger partial charge on any atom is 0.224 e. The molecule has 0 saturated carbocycles. The molecule has 0 spiro atoms. The highest BCUT2D eigenvalue weighted by Crippen LogP contribution is 2.27. The van der Waals surface area contributed by atoms with Gasteiger partial charge in [-0.25, -0.2) is 14.5 Å². The van der Waals surface area contributed by atoms with Gasteiger partial charge in [-0.3, -0.25) is 0 Å². The molecule has 126 valence electrons. The van der Waals surface area contributed by atoms with Gasteiger partial charge in [0.15, 0.2) is 5.65 Å². The summed E-state index contributed by atoms with van der Waals surface area (Å²) in [6.45, 7) is 1.57. The van der Waals surface area contributed by atoms with Crippen molar-refractivity contribution in [1.82, 2.24) is 29.5 Å². The maximum atomic E-state index is 5.38. The highest BCUT2D eigenvalue weighted by Gasteiger charge is 2.16. The van der Waals surface area contributed by atoms with E-state index < -0.39 is 0 Å². The quantitative estimate of drug-likeness (QED) is 0.596. The largest absolute Gasteiger partial charge is 0.381 e. The second-order valence-corrected chi connectivity index (χ2v) is 6.14. The molecule has 0 unspecified atom stereocenters. The van der Waals surface area contributed by atoms with Crippen LogP contribution in [0.4, 0.5) is 5.95 Å². The third-order valence-corrected chi connectivity index (χ3v) is 4.52. The van der Waals surface area contributed by atoms with Crippen LogP contribution in [0.15, 0.2) is 36.9 Å². The number of rotatable bonds is 3. The molecule has 0 aromatic carbocycles. The summed E-state index contributed by atoms with van der Waals surface area (Å²) in [7, 11) is 0. The van der Waals surface area contributed by atoms with Crippen LogP contribution in [0.2, 0.25) is 0 Å². The normalized spacial score (nSPS) is 15.8. The van der Waals surface area contributed by atoms with E-state index >= 15 is 0 Å². The van der Waals surface area contributed by atoms with Crippen LogP contribution in [-0.4, -0.2) is 48.8 Å². The van der Waals surface area contributed by atoms with E-state index in [2.05, 4.69) is 30.4 Å². The van der Waals surface area contributed by atoms with E-state index in [4.69, 9.17) is 4.74 Å². The first-order chi connectivity index (χ1) is 12.4. The summed E-state index contributed by atoms with van der Waals surface area (Å²) in [4.78, 5) is 17.0. The lowest BCUT2D eigenvalue weighted by molar-refractivity contribution is 0.0903. The molecule has 5 rings (SSSR count). The third kappa shape index (κ3) is 2.60. The summed E-state index contributed by atoms with van der Waals surface area (Å²) in [5.41, 5.74) is 3.46. The zero-order valence-electron chi connectivity index (χ0n) is 13.5. The number of aromatic amines is 1. The summed E-state index contributed by atoms with van der Waals surface area (Å²) in [5, 5.41) is 8.52. The summed E-state index contributed by atoms with van der Waals surface area (Å²) >= 11 is 0. The van der Waals surface area contributed by atoms with Crippen molar-refractivity contribution in [2.75, 3.05) is 18.5 Å². The van der Waals surface area contributed by atoms with Crippen molar-refractivity contribution in [1.29, 1.82) is 0 Å². The van der Waals surface area contributed by atoms with Crippen molar-refractivity contribution in [3.63, 3.8) is 0 Å². The van der Waals surface area contributed by atoms with Gasteiger partial charge in [0, 0.05) is 54.9 Å². The minimum Gasteiger partial charge on any atom is -0.381 e. The minimum atomic E-state index is 0.367. The Kier molecular flexibility index (Phi) is 3.34. The van der Waals surface area contributed by atoms with E-state index in [-0.39, 0.29) is 0 Å². The molecule has 2 N–H and O–H groups in total. The second kappa shape index (κ2) is 5.82. The Hall–Kier alpha value is -3.00. The molecule has 8 nitrogen and oxygen atoms in total. The number of hydrogen-bond donors (Lipinski definition) is 2. The van der Waals surface area contributed by atoms with Gasteiger partial charge in [0.25, 0.3) is 0 Å². The predicted octanol–water partition coefficient (Wildman–Crippen LogP) is 2.26. The number of fused-ring (bicyclic) bond motifs is 2. The van der Waals surface area contributed by atoms with Gasteiger partial charge in [-0.05, 0) is 18.9 Å². The van der Waals surface area contributed by atoms with Gasteiger partial charge in [0.2, 0.25) is 5.95 Å². The van der Waals surface area contributed by atoms with Gasteiger partial charge >= 0.3 is 0 Å². The van der Waals surface area contributed by atoms with Gasteiger partial charge in [0.05, 0.1) is 11.9 Å². The first kappa shape index (κ1) is 14.4.